The molecule has 0 aliphatic carbocycles. The lowest BCUT2D eigenvalue weighted by molar-refractivity contribution is -0.388. The normalized spacial score (nSPS) is 10.7. The van der Waals surface area contributed by atoms with Crippen molar-refractivity contribution in [1.82, 2.24) is 0 Å². The Hall–Kier alpha value is -2.63. The smallest absolute Gasteiger partial charge is 0.423 e. The van der Waals surface area contributed by atoms with Gasteiger partial charge in [-0.15, -0.1) is 0 Å². The van der Waals surface area contributed by atoms with Gasteiger partial charge in [0.15, 0.2) is 0 Å². The van der Waals surface area contributed by atoms with Gasteiger partial charge in [-0.1, -0.05) is 0 Å². The Balaban J connectivity index is 3.67. The van der Waals surface area contributed by atoms with Crippen LogP contribution in [0.3, 0.4) is 0 Å². The van der Waals surface area contributed by atoms with Crippen molar-refractivity contribution in [2.45, 2.75) is 6.18 Å². The molecule has 0 fully saturated rings. The van der Waals surface area contributed by atoms with E-state index in [-0.39, 0.29) is 6.07 Å². The molecule has 0 aliphatic heterocycles. The van der Waals surface area contributed by atoms with Crippen molar-refractivity contribution in [3.05, 3.63) is 38.9 Å². The zero-order chi connectivity index (χ0) is 14.8. The number of carbonyl (C=O) groups is 1. The number of esters is 1. The zero-order valence-corrected chi connectivity index (χ0v) is 9.32. The second kappa shape index (κ2) is 4.93. The van der Waals surface area contributed by atoms with E-state index in [0.717, 1.165) is 7.11 Å². The molecular formula is C10H5F3N2O4. The Morgan fingerprint density at radius 2 is 2.05 bits per heavy atom. The molecule has 0 radical (unpaired) electrons. The van der Waals surface area contributed by atoms with Crippen molar-refractivity contribution < 1.29 is 27.6 Å². The van der Waals surface area contributed by atoms with Crippen LogP contribution in [-0.2, 0) is 10.9 Å². The number of methoxy groups -OCH3 is 1. The average Bonchev–Trinajstić information content (AvgIpc) is 2.34. The van der Waals surface area contributed by atoms with Gasteiger partial charge in [-0.05, 0) is 6.07 Å². The summed E-state index contributed by atoms with van der Waals surface area (Å²) in [6.45, 7) is 0. The van der Waals surface area contributed by atoms with Crippen LogP contribution in [0, 0.1) is 21.4 Å². The van der Waals surface area contributed by atoms with Crippen LogP contribution in [0.2, 0.25) is 0 Å². The van der Waals surface area contributed by atoms with Crippen molar-refractivity contribution >= 4 is 11.7 Å². The molecule has 0 N–H and O–H groups in total. The fourth-order valence-electron chi connectivity index (χ4n) is 1.34. The predicted molar refractivity (Wildman–Crippen MR) is 54.2 cm³/mol. The number of alkyl halides is 3. The van der Waals surface area contributed by atoms with Crippen LogP contribution >= 0.6 is 0 Å². The molecule has 0 saturated carbocycles. The summed E-state index contributed by atoms with van der Waals surface area (Å²) in [5, 5.41) is 19.3. The molecule has 1 aromatic rings. The molecular weight excluding hydrogens is 269 g/mol. The number of ether oxygens (including phenoxy) is 1. The van der Waals surface area contributed by atoms with Crippen molar-refractivity contribution in [3.8, 4) is 6.07 Å². The summed E-state index contributed by atoms with van der Waals surface area (Å²) < 4.78 is 42.1. The number of hydrogen-bond donors (Lipinski definition) is 0. The maximum atomic E-state index is 12.6. The Morgan fingerprint density at radius 1 is 1.47 bits per heavy atom. The summed E-state index contributed by atoms with van der Waals surface area (Å²) in [7, 11) is 0.937. The number of carbonyl (C=O) groups excluding carboxylic acids is 1. The first-order valence-corrected chi connectivity index (χ1v) is 4.60. The van der Waals surface area contributed by atoms with Crippen LogP contribution in [0.25, 0.3) is 0 Å². The van der Waals surface area contributed by atoms with E-state index < -0.39 is 39.4 Å². The molecule has 0 unspecified atom stereocenters. The van der Waals surface area contributed by atoms with E-state index in [1.54, 1.807) is 0 Å². The second-order valence-corrected chi connectivity index (χ2v) is 3.27. The standard InChI is InChI=1S/C10H5F3N2O4/c1-19-9(16)6-3-8(15(17)18)7(10(11,12)13)2-5(6)4-14/h2-3H,1H3. The largest absolute Gasteiger partial charge is 0.465 e. The number of nitro groups is 1. The minimum atomic E-state index is -5.01. The molecule has 1 rings (SSSR count). The molecule has 1 aromatic carbocycles. The van der Waals surface area contributed by atoms with Gasteiger partial charge < -0.3 is 4.74 Å². The lowest BCUT2D eigenvalue weighted by atomic mass is 10.0. The van der Waals surface area contributed by atoms with E-state index in [4.69, 9.17) is 5.26 Å². The van der Waals surface area contributed by atoms with E-state index >= 15 is 0 Å². The minimum Gasteiger partial charge on any atom is -0.465 e. The minimum absolute atomic E-state index is 0.254. The maximum absolute atomic E-state index is 12.6. The summed E-state index contributed by atoms with van der Waals surface area (Å²) in [6, 6.07) is 2.00. The molecule has 6 nitrogen and oxygen atoms in total. The summed E-state index contributed by atoms with van der Waals surface area (Å²) in [5.74, 6) is -1.13. The third kappa shape index (κ3) is 2.79. The van der Waals surface area contributed by atoms with Gasteiger partial charge in [-0.3, -0.25) is 10.1 Å². The van der Waals surface area contributed by atoms with Crippen molar-refractivity contribution in [2.24, 2.45) is 0 Å². The van der Waals surface area contributed by atoms with Crippen LogP contribution in [0.1, 0.15) is 21.5 Å². The van der Waals surface area contributed by atoms with E-state index in [1.165, 1.54) is 6.07 Å². The summed E-state index contributed by atoms with van der Waals surface area (Å²) in [6.07, 6.45) is -5.01. The van der Waals surface area contributed by atoms with Gasteiger partial charge in [0.25, 0.3) is 5.69 Å². The fourth-order valence-corrected chi connectivity index (χ4v) is 1.34. The fraction of sp³-hybridized carbons (Fsp3) is 0.200. The highest BCUT2D eigenvalue weighted by Gasteiger charge is 2.40. The number of nitro benzene ring substituents is 1. The first-order valence-electron chi connectivity index (χ1n) is 4.60. The Morgan fingerprint density at radius 3 is 2.42 bits per heavy atom. The van der Waals surface area contributed by atoms with Crippen molar-refractivity contribution in [1.29, 1.82) is 5.26 Å². The SMILES string of the molecule is COC(=O)c1cc([N+](=O)[O-])c(C(F)(F)F)cc1C#N. The predicted octanol–water partition coefficient (Wildman–Crippen LogP) is 2.27. The molecule has 0 bridgehead atoms. The van der Waals surface area contributed by atoms with Crippen LogP contribution in [0.5, 0.6) is 0 Å². The highest BCUT2D eigenvalue weighted by molar-refractivity contribution is 5.93. The van der Waals surface area contributed by atoms with Crippen LogP contribution in [0.15, 0.2) is 12.1 Å². The van der Waals surface area contributed by atoms with Crippen LogP contribution in [-0.4, -0.2) is 18.0 Å². The van der Waals surface area contributed by atoms with Gasteiger partial charge in [0.2, 0.25) is 0 Å². The maximum Gasteiger partial charge on any atom is 0.423 e. The average molecular weight is 274 g/mol. The molecule has 0 atom stereocenters. The van der Waals surface area contributed by atoms with Gasteiger partial charge in [0.05, 0.1) is 23.2 Å². The third-order valence-electron chi connectivity index (χ3n) is 2.16. The number of benzene rings is 1. The molecule has 9 heteroatoms. The number of hydrogen-bond acceptors (Lipinski definition) is 5. The highest BCUT2D eigenvalue weighted by Crippen LogP contribution is 2.37. The molecule has 0 aliphatic rings. The monoisotopic (exact) mass is 274 g/mol. The van der Waals surface area contributed by atoms with Crippen LogP contribution in [0.4, 0.5) is 18.9 Å². The van der Waals surface area contributed by atoms with E-state index in [1.807, 2.05) is 0 Å². The quantitative estimate of drug-likeness (QED) is 0.468. The Kier molecular flexibility index (Phi) is 3.75. The van der Waals surface area contributed by atoms with E-state index in [9.17, 15) is 28.1 Å². The highest BCUT2D eigenvalue weighted by atomic mass is 19.4. The van der Waals surface area contributed by atoms with Gasteiger partial charge in [-0.2, -0.15) is 18.4 Å². The number of rotatable bonds is 2. The van der Waals surface area contributed by atoms with E-state index in [2.05, 4.69) is 4.74 Å². The van der Waals surface area contributed by atoms with Gasteiger partial charge in [0.1, 0.15) is 11.6 Å². The summed E-state index contributed by atoms with van der Waals surface area (Å²) in [4.78, 5) is 20.6. The van der Waals surface area contributed by atoms with Crippen molar-refractivity contribution in [3.63, 3.8) is 0 Å². The molecule has 0 amide bonds. The number of halogens is 3. The molecule has 100 valence electrons. The van der Waals surface area contributed by atoms with E-state index in [0.29, 0.717) is 6.07 Å². The molecule has 0 spiro atoms. The second-order valence-electron chi connectivity index (χ2n) is 3.27. The molecule has 0 saturated heterocycles. The summed E-state index contributed by atoms with van der Waals surface area (Å²) >= 11 is 0. The lowest BCUT2D eigenvalue weighted by Gasteiger charge is -2.09. The molecule has 0 heterocycles. The number of nitriles is 1. The summed E-state index contributed by atoms with van der Waals surface area (Å²) in [5.41, 5.74) is -4.15. The topological polar surface area (TPSA) is 93.2 Å². The van der Waals surface area contributed by atoms with Crippen molar-refractivity contribution in [2.75, 3.05) is 7.11 Å². The van der Waals surface area contributed by atoms with Gasteiger partial charge in [-0.25, -0.2) is 4.79 Å². The first-order chi connectivity index (χ1) is 8.72. The Labute approximate surface area is 104 Å². The number of nitrogens with zero attached hydrogens (tertiary/aromatic N) is 2. The van der Waals surface area contributed by atoms with Gasteiger partial charge >= 0.3 is 12.1 Å². The first kappa shape index (κ1) is 14.4. The van der Waals surface area contributed by atoms with Gasteiger partial charge in [0, 0.05) is 6.07 Å². The third-order valence-corrected chi connectivity index (χ3v) is 2.16. The molecule has 0 aromatic heterocycles. The van der Waals surface area contributed by atoms with Crippen LogP contribution < -0.4 is 0 Å². The lowest BCUT2D eigenvalue weighted by Crippen LogP contribution is -2.13. The Bertz CT molecular complexity index is 590. The molecule has 19 heavy (non-hydrogen) atoms. The zero-order valence-electron chi connectivity index (χ0n) is 9.32.